The molecule has 1 aliphatic heterocycles. The van der Waals surface area contributed by atoms with Gasteiger partial charge in [-0.1, -0.05) is 6.92 Å². The minimum Gasteiger partial charge on any atom is -0.387 e. The summed E-state index contributed by atoms with van der Waals surface area (Å²) in [6.07, 6.45) is 2.16. The topological polar surface area (TPSA) is 36.8 Å². The fraction of sp³-hybridized carbons (Fsp3) is 1.00. The van der Waals surface area contributed by atoms with Gasteiger partial charge in [-0.05, 0) is 6.42 Å². The summed E-state index contributed by atoms with van der Waals surface area (Å²) in [6, 6.07) is 0.699. The number of rotatable bonds is 1. The number of hydrogen-bond donors (Lipinski definition) is 2. The van der Waals surface area contributed by atoms with Crippen LogP contribution in [0.5, 0.6) is 0 Å². The van der Waals surface area contributed by atoms with E-state index in [4.69, 9.17) is 5.11 Å². The lowest BCUT2D eigenvalue weighted by molar-refractivity contribution is -0.672. The Balaban J connectivity index is 2.22. The van der Waals surface area contributed by atoms with Crippen molar-refractivity contribution in [3.8, 4) is 0 Å². The Labute approximate surface area is 49.9 Å². The molecule has 0 aromatic carbocycles. The molecule has 0 bridgehead atoms. The third kappa shape index (κ3) is 1.20. The van der Waals surface area contributed by atoms with Crippen LogP contribution in [0.25, 0.3) is 0 Å². The van der Waals surface area contributed by atoms with Crippen LogP contribution in [0.3, 0.4) is 0 Å². The highest BCUT2D eigenvalue weighted by Crippen LogP contribution is 2.00. The van der Waals surface area contributed by atoms with E-state index >= 15 is 0 Å². The number of quaternary nitrogens is 1. The molecular weight excluding hydrogens is 102 g/mol. The van der Waals surface area contributed by atoms with E-state index in [0.717, 1.165) is 13.0 Å². The van der Waals surface area contributed by atoms with Crippen molar-refractivity contribution in [1.29, 1.82) is 0 Å². The molecule has 48 valence electrons. The van der Waals surface area contributed by atoms with Crippen molar-refractivity contribution >= 4 is 0 Å². The molecule has 1 rings (SSSR count). The Bertz CT molecular complexity index is 74.9. The van der Waals surface area contributed by atoms with Crippen LogP contribution in [-0.4, -0.2) is 23.8 Å². The quantitative estimate of drug-likeness (QED) is 0.457. The zero-order valence-corrected chi connectivity index (χ0v) is 5.30. The SMILES string of the molecule is CCC1CC(O)C[NH2+]1. The van der Waals surface area contributed by atoms with Gasteiger partial charge in [-0.3, -0.25) is 0 Å². The first-order chi connectivity index (χ1) is 3.83. The highest BCUT2D eigenvalue weighted by atomic mass is 16.3. The van der Waals surface area contributed by atoms with E-state index in [2.05, 4.69) is 12.2 Å². The minimum absolute atomic E-state index is 0.0278. The summed E-state index contributed by atoms with van der Waals surface area (Å²) in [4.78, 5) is 0. The lowest BCUT2D eigenvalue weighted by atomic mass is 10.2. The van der Waals surface area contributed by atoms with Crippen LogP contribution in [0, 0.1) is 0 Å². The van der Waals surface area contributed by atoms with Gasteiger partial charge < -0.3 is 10.4 Å². The Morgan fingerprint density at radius 2 is 2.50 bits per heavy atom. The zero-order chi connectivity index (χ0) is 5.98. The van der Waals surface area contributed by atoms with Gasteiger partial charge in [-0.15, -0.1) is 0 Å². The van der Waals surface area contributed by atoms with E-state index in [1.54, 1.807) is 0 Å². The summed E-state index contributed by atoms with van der Waals surface area (Å²) in [5, 5.41) is 11.2. The molecule has 1 fully saturated rings. The summed E-state index contributed by atoms with van der Waals surface area (Å²) in [7, 11) is 0. The van der Waals surface area contributed by atoms with Gasteiger partial charge in [-0.2, -0.15) is 0 Å². The molecule has 0 aromatic rings. The number of aliphatic hydroxyl groups is 1. The largest absolute Gasteiger partial charge is 0.387 e. The standard InChI is InChI=1S/C6H13NO/c1-2-5-3-6(8)4-7-5/h5-8H,2-4H2,1H3/p+1. The summed E-state index contributed by atoms with van der Waals surface area (Å²) < 4.78 is 0. The van der Waals surface area contributed by atoms with Crippen molar-refractivity contribution < 1.29 is 10.4 Å². The van der Waals surface area contributed by atoms with Gasteiger partial charge in [0, 0.05) is 6.42 Å². The Morgan fingerprint density at radius 3 is 2.75 bits per heavy atom. The van der Waals surface area contributed by atoms with Crippen LogP contribution < -0.4 is 5.32 Å². The lowest BCUT2D eigenvalue weighted by Gasteiger charge is -1.98. The summed E-state index contributed by atoms with van der Waals surface area (Å²) in [5.41, 5.74) is 0. The maximum Gasteiger partial charge on any atom is 0.108 e. The molecule has 2 nitrogen and oxygen atoms in total. The van der Waals surface area contributed by atoms with Crippen LogP contribution in [-0.2, 0) is 0 Å². The van der Waals surface area contributed by atoms with Gasteiger partial charge in [0.15, 0.2) is 0 Å². The fourth-order valence-electron chi connectivity index (χ4n) is 1.22. The van der Waals surface area contributed by atoms with Gasteiger partial charge in [0.25, 0.3) is 0 Å². The third-order valence-electron chi connectivity index (χ3n) is 1.84. The van der Waals surface area contributed by atoms with E-state index in [9.17, 15) is 0 Å². The van der Waals surface area contributed by atoms with E-state index < -0.39 is 0 Å². The predicted octanol–water partition coefficient (Wildman–Crippen LogP) is -0.907. The molecule has 1 heterocycles. The number of hydrogen-bond acceptors (Lipinski definition) is 1. The van der Waals surface area contributed by atoms with Crippen LogP contribution in [0.15, 0.2) is 0 Å². The Morgan fingerprint density at radius 1 is 1.75 bits per heavy atom. The summed E-state index contributed by atoms with van der Waals surface area (Å²) >= 11 is 0. The molecule has 2 unspecified atom stereocenters. The highest BCUT2D eigenvalue weighted by Gasteiger charge is 2.23. The van der Waals surface area contributed by atoms with Crippen LogP contribution in [0.1, 0.15) is 19.8 Å². The maximum absolute atomic E-state index is 9.00. The minimum atomic E-state index is -0.0278. The molecule has 0 amide bonds. The first-order valence-corrected chi connectivity index (χ1v) is 3.34. The zero-order valence-electron chi connectivity index (χ0n) is 5.30. The molecule has 2 heteroatoms. The Hall–Kier alpha value is -0.0800. The maximum atomic E-state index is 9.00. The monoisotopic (exact) mass is 116 g/mol. The van der Waals surface area contributed by atoms with Crippen molar-refractivity contribution in [2.45, 2.75) is 31.9 Å². The van der Waals surface area contributed by atoms with Crippen molar-refractivity contribution in [2.24, 2.45) is 0 Å². The molecule has 2 atom stereocenters. The number of nitrogens with two attached hydrogens (primary N) is 1. The molecule has 0 spiro atoms. The van der Waals surface area contributed by atoms with Gasteiger partial charge in [0.2, 0.25) is 0 Å². The first kappa shape index (κ1) is 6.05. The molecule has 0 aromatic heterocycles. The highest BCUT2D eigenvalue weighted by molar-refractivity contribution is 4.65. The smallest absolute Gasteiger partial charge is 0.108 e. The van der Waals surface area contributed by atoms with Crippen molar-refractivity contribution in [1.82, 2.24) is 0 Å². The second-order valence-corrected chi connectivity index (χ2v) is 2.53. The molecule has 0 radical (unpaired) electrons. The lowest BCUT2D eigenvalue weighted by Crippen LogP contribution is -2.86. The van der Waals surface area contributed by atoms with Gasteiger partial charge in [0.05, 0.1) is 6.04 Å². The Kier molecular flexibility index (Phi) is 1.86. The fourth-order valence-corrected chi connectivity index (χ4v) is 1.22. The van der Waals surface area contributed by atoms with Crippen molar-refractivity contribution in [3.05, 3.63) is 0 Å². The van der Waals surface area contributed by atoms with Gasteiger partial charge in [0.1, 0.15) is 12.6 Å². The average molecular weight is 116 g/mol. The molecule has 8 heavy (non-hydrogen) atoms. The molecule has 1 aliphatic rings. The first-order valence-electron chi connectivity index (χ1n) is 3.34. The second kappa shape index (κ2) is 2.46. The summed E-state index contributed by atoms with van der Waals surface area (Å²) in [6.45, 7) is 3.08. The third-order valence-corrected chi connectivity index (χ3v) is 1.84. The van der Waals surface area contributed by atoms with Crippen LogP contribution in [0.2, 0.25) is 0 Å². The molecule has 1 saturated heterocycles. The van der Waals surface area contributed by atoms with E-state index in [-0.39, 0.29) is 6.10 Å². The van der Waals surface area contributed by atoms with Crippen molar-refractivity contribution in [2.75, 3.05) is 6.54 Å². The second-order valence-electron chi connectivity index (χ2n) is 2.53. The average Bonchev–Trinajstić information content (AvgIpc) is 2.14. The molecule has 0 saturated carbocycles. The number of aliphatic hydroxyl groups excluding tert-OH is 1. The molecule has 3 N–H and O–H groups in total. The van der Waals surface area contributed by atoms with E-state index in [1.165, 1.54) is 6.42 Å². The normalized spacial score (nSPS) is 38.2. The van der Waals surface area contributed by atoms with Crippen LogP contribution in [0.4, 0.5) is 0 Å². The molecular formula is C6H14NO+. The van der Waals surface area contributed by atoms with Gasteiger partial charge in [-0.25, -0.2) is 0 Å². The van der Waals surface area contributed by atoms with E-state index in [0.29, 0.717) is 6.04 Å². The predicted molar refractivity (Wildman–Crippen MR) is 31.5 cm³/mol. The summed E-state index contributed by atoms with van der Waals surface area (Å²) in [5.74, 6) is 0. The van der Waals surface area contributed by atoms with Gasteiger partial charge >= 0.3 is 0 Å². The van der Waals surface area contributed by atoms with E-state index in [1.807, 2.05) is 0 Å². The molecule has 0 aliphatic carbocycles. The van der Waals surface area contributed by atoms with Crippen molar-refractivity contribution in [3.63, 3.8) is 0 Å². The van der Waals surface area contributed by atoms with Crippen LogP contribution >= 0.6 is 0 Å².